The molecule has 0 saturated carbocycles. The molecule has 0 aromatic heterocycles. The number of aliphatic hydroxyl groups is 3. The summed E-state index contributed by atoms with van der Waals surface area (Å²) in [4.78, 5) is 69.5. The number of ether oxygens (including phenoxy) is 6. The van der Waals surface area contributed by atoms with Crippen molar-refractivity contribution in [3.05, 3.63) is 89.5 Å². The molecule has 6 N–H and O–H groups in total. The van der Waals surface area contributed by atoms with Crippen LogP contribution >= 0.6 is 0 Å². The summed E-state index contributed by atoms with van der Waals surface area (Å²) < 4.78 is 29.4. The fourth-order valence-corrected chi connectivity index (χ4v) is 4.27. The van der Waals surface area contributed by atoms with Crippen LogP contribution in [0.4, 0.5) is 0 Å². The Morgan fingerprint density at radius 3 is 1.20 bits per heavy atom. The van der Waals surface area contributed by atoms with Crippen LogP contribution in [-0.2, 0) is 42.8 Å². The van der Waals surface area contributed by atoms with E-state index >= 15 is 0 Å². The first kappa shape index (κ1) is 55.8. The number of hydrogen-bond donors (Lipinski definition) is 6. The molecule has 354 valence electrons. The van der Waals surface area contributed by atoms with Gasteiger partial charge in [-0.3, -0.25) is 14.4 Å². The highest BCUT2D eigenvalue weighted by atomic mass is 16.6. The minimum Gasteiger partial charge on any atom is -0.508 e. The Morgan fingerprint density at radius 1 is 0.500 bits per heavy atom. The first-order valence-electron chi connectivity index (χ1n) is 20.6. The number of hydrogen-bond acceptors (Lipinski definition) is 18. The normalized spacial score (nSPS) is 13.0. The number of aliphatic hydroxyl groups excluding tert-OH is 3. The van der Waals surface area contributed by atoms with Gasteiger partial charge in [0, 0.05) is 0 Å². The number of phenols is 3. The third-order valence-electron chi connectivity index (χ3n) is 9.28. The largest absolute Gasteiger partial charge is 0.508 e. The highest BCUT2D eigenvalue weighted by Gasteiger charge is 2.28. The second-order valence-electron chi connectivity index (χ2n) is 15.1. The van der Waals surface area contributed by atoms with Crippen molar-refractivity contribution in [1.82, 2.24) is 0 Å². The number of rotatable bonds is 21. The van der Waals surface area contributed by atoms with E-state index in [2.05, 4.69) is 0 Å². The quantitative estimate of drug-likeness (QED) is 0.0613. The highest BCUT2D eigenvalue weighted by Crippen LogP contribution is 2.22. The first-order chi connectivity index (χ1) is 30.2. The molecule has 5 unspecified atom stereocenters. The number of phenolic OH excluding ortho intramolecular Hbond substituents is 3. The van der Waals surface area contributed by atoms with Gasteiger partial charge in [0.2, 0.25) is 0 Å². The molecule has 3 aromatic carbocycles. The van der Waals surface area contributed by atoms with Crippen molar-refractivity contribution in [3.8, 4) is 17.2 Å². The topological polar surface area (TPSA) is 279 Å². The summed E-state index contributed by atoms with van der Waals surface area (Å²) in [7, 11) is 0. The van der Waals surface area contributed by atoms with Gasteiger partial charge < -0.3 is 59.1 Å². The van der Waals surface area contributed by atoms with E-state index in [0.29, 0.717) is 19.3 Å². The summed E-state index contributed by atoms with van der Waals surface area (Å²) >= 11 is 0. The maximum Gasteiger partial charge on any atom is 0.342 e. The summed E-state index contributed by atoms with van der Waals surface area (Å²) in [5, 5.41) is 57.0. The molecule has 0 spiro atoms. The Balaban J connectivity index is 0.000000480. The SMILES string of the molecule is CCC(C)(C)C(=O)OCC(O)COC(=O)c1ccccc1O.CCC(C)C(=O)OCC(O)COC(=O)c1ccc(O)cc1.CCC(C)C(=O)OCC(O)COC(=O)c1ccccc1O. The Hall–Kier alpha value is -6.24. The molecule has 18 nitrogen and oxygen atoms in total. The third-order valence-corrected chi connectivity index (χ3v) is 9.28. The zero-order valence-corrected chi connectivity index (χ0v) is 37.3. The van der Waals surface area contributed by atoms with Crippen LogP contribution in [0.25, 0.3) is 0 Å². The summed E-state index contributed by atoms with van der Waals surface area (Å²) in [6.45, 7) is 10.9. The first-order valence-corrected chi connectivity index (χ1v) is 20.6. The summed E-state index contributed by atoms with van der Waals surface area (Å²) in [6, 6.07) is 17.4. The minimum absolute atomic E-state index is 0.0128. The molecule has 0 amide bonds. The van der Waals surface area contributed by atoms with Gasteiger partial charge in [-0.2, -0.15) is 0 Å². The lowest BCUT2D eigenvalue weighted by molar-refractivity contribution is -0.158. The van der Waals surface area contributed by atoms with Crippen molar-refractivity contribution in [2.45, 2.75) is 86.0 Å². The summed E-state index contributed by atoms with van der Waals surface area (Å²) in [5.41, 5.74) is -0.330. The zero-order valence-electron chi connectivity index (χ0n) is 37.3. The van der Waals surface area contributed by atoms with E-state index in [-0.39, 0.29) is 91.4 Å². The number of aromatic hydroxyl groups is 3. The molecule has 5 atom stereocenters. The lowest BCUT2D eigenvalue weighted by Crippen LogP contribution is -2.31. The van der Waals surface area contributed by atoms with Crippen LogP contribution in [0.1, 0.15) is 98.8 Å². The van der Waals surface area contributed by atoms with Gasteiger partial charge in [-0.15, -0.1) is 0 Å². The van der Waals surface area contributed by atoms with Crippen molar-refractivity contribution in [2.75, 3.05) is 39.6 Å². The second kappa shape index (κ2) is 29.2. The fraction of sp³-hybridized carbons (Fsp3) is 0.478. The lowest BCUT2D eigenvalue weighted by atomic mass is 9.91. The number of para-hydroxylation sites is 2. The smallest absolute Gasteiger partial charge is 0.342 e. The van der Waals surface area contributed by atoms with Crippen LogP contribution < -0.4 is 0 Å². The van der Waals surface area contributed by atoms with Gasteiger partial charge in [0.1, 0.15) is 86.3 Å². The maximum absolute atomic E-state index is 11.7. The van der Waals surface area contributed by atoms with Crippen LogP contribution in [0.3, 0.4) is 0 Å². The van der Waals surface area contributed by atoms with E-state index < -0.39 is 53.6 Å². The van der Waals surface area contributed by atoms with Gasteiger partial charge in [-0.25, -0.2) is 14.4 Å². The molecule has 0 saturated heterocycles. The van der Waals surface area contributed by atoms with Crippen LogP contribution in [0.5, 0.6) is 17.2 Å². The van der Waals surface area contributed by atoms with E-state index in [1.165, 1.54) is 48.5 Å². The lowest BCUT2D eigenvalue weighted by Gasteiger charge is -2.21. The van der Waals surface area contributed by atoms with Gasteiger partial charge in [0.05, 0.1) is 22.8 Å². The van der Waals surface area contributed by atoms with Gasteiger partial charge in [0.25, 0.3) is 0 Å². The van der Waals surface area contributed by atoms with Crippen LogP contribution in [-0.4, -0.2) is 124 Å². The number of carbonyl (C=O) groups is 6. The van der Waals surface area contributed by atoms with Crippen LogP contribution in [0.15, 0.2) is 72.8 Å². The van der Waals surface area contributed by atoms with E-state index in [1.54, 1.807) is 52.0 Å². The molecule has 0 fully saturated rings. The molecule has 0 radical (unpaired) electrons. The van der Waals surface area contributed by atoms with E-state index in [1.807, 2.05) is 20.8 Å². The molecule has 18 heteroatoms. The molecule has 0 bridgehead atoms. The number of carbonyl (C=O) groups excluding carboxylic acids is 6. The van der Waals surface area contributed by atoms with Gasteiger partial charge in [-0.1, -0.05) is 58.9 Å². The highest BCUT2D eigenvalue weighted by molar-refractivity contribution is 5.93. The Morgan fingerprint density at radius 2 is 0.844 bits per heavy atom. The summed E-state index contributed by atoms with van der Waals surface area (Å²) in [5.74, 6) is -4.13. The van der Waals surface area contributed by atoms with Crippen molar-refractivity contribution in [1.29, 1.82) is 0 Å². The molecule has 0 heterocycles. The molecule has 3 aromatic rings. The predicted molar refractivity (Wildman–Crippen MR) is 229 cm³/mol. The van der Waals surface area contributed by atoms with Crippen LogP contribution in [0.2, 0.25) is 0 Å². The molecule has 0 aliphatic carbocycles. The van der Waals surface area contributed by atoms with Crippen molar-refractivity contribution in [2.24, 2.45) is 17.3 Å². The Kier molecular flexibility index (Phi) is 25.4. The fourth-order valence-electron chi connectivity index (χ4n) is 4.27. The summed E-state index contributed by atoms with van der Waals surface area (Å²) in [6.07, 6.45) is -1.37. The molecule has 0 aliphatic heterocycles. The molecule has 0 aliphatic rings. The van der Waals surface area contributed by atoms with Gasteiger partial charge in [-0.05, 0) is 81.6 Å². The number of benzene rings is 3. The van der Waals surface area contributed by atoms with E-state index in [4.69, 9.17) is 33.5 Å². The predicted octanol–water partition coefficient (Wildman–Crippen LogP) is 4.89. The average Bonchev–Trinajstić information content (AvgIpc) is 3.29. The van der Waals surface area contributed by atoms with Crippen molar-refractivity contribution < 1.29 is 87.8 Å². The second-order valence-corrected chi connectivity index (χ2v) is 15.1. The third kappa shape index (κ3) is 21.2. The maximum atomic E-state index is 11.7. The average molecular weight is 903 g/mol. The van der Waals surface area contributed by atoms with Crippen LogP contribution in [0, 0.1) is 17.3 Å². The van der Waals surface area contributed by atoms with Gasteiger partial charge >= 0.3 is 35.8 Å². The molecular weight excluding hydrogens is 840 g/mol. The minimum atomic E-state index is -1.12. The Labute approximate surface area is 372 Å². The van der Waals surface area contributed by atoms with Crippen molar-refractivity contribution >= 4 is 35.8 Å². The van der Waals surface area contributed by atoms with E-state index in [9.17, 15) is 54.3 Å². The molecular formula is C46H62O18. The number of esters is 6. The molecule has 64 heavy (non-hydrogen) atoms. The van der Waals surface area contributed by atoms with Crippen molar-refractivity contribution in [3.63, 3.8) is 0 Å². The zero-order chi connectivity index (χ0) is 48.4. The standard InChI is InChI=1S/C16H22O6.2C15H20O6/c1-4-16(2,3)15(20)22-10-11(17)9-21-14(19)12-7-5-6-8-13(12)18;1-3-10(2)14(18)20-8-13(17)9-21-15(19)11-4-6-12(16)7-5-11;1-3-10(2)14(18)20-8-11(16)9-21-15(19)12-6-4-5-7-13(12)17/h5-8,11,17-18H,4,9-10H2,1-3H3;4-7,10,13,16-17H,3,8-9H2,1-2H3;4-7,10-11,16-17H,3,8-9H2,1-2H3. The van der Waals surface area contributed by atoms with Gasteiger partial charge in [0.15, 0.2) is 0 Å². The monoisotopic (exact) mass is 902 g/mol. The Bertz CT molecular complexity index is 1910. The van der Waals surface area contributed by atoms with E-state index in [0.717, 1.165) is 0 Å². The molecule has 3 rings (SSSR count).